The first-order valence-corrected chi connectivity index (χ1v) is 5.93. The predicted molar refractivity (Wildman–Crippen MR) is 62.8 cm³/mol. The maximum absolute atomic E-state index is 12.5. The zero-order chi connectivity index (χ0) is 13.5. The zero-order valence-electron chi connectivity index (χ0n) is 9.92. The number of fused-ring (bicyclic) bond motifs is 1. The van der Waals surface area contributed by atoms with Crippen molar-refractivity contribution in [1.29, 1.82) is 0 Å². The van der Waals surface area contributed by atoms with E-state index in [0.717, 1.165) is 30.2 Å². The van der Waals surface area contributed by atoms with E-state index in [1.165, 1.54) is 0 Å². The predicted octanol–water partition coefficient (Wildman–Crippen LogP) is 3.42. The number of aryl methyl sites for hydroxylation is 1. The summed E-state index contributed by atoms with van der Waals surface area (Å²) in [7, 11) is 0. The van der Waals surface area contributed by atoms with Gasteiger partial charge in [0.1, 0.15) is 11.4 Å². The van der Waals surface area contributed by atoms with Crippen LogP contribution in [-0.4, -0.2) is 16.8 Å². The van der Waals surface area contributed by atoms with Crippen LogP contribution >= 0.6 is 0 Å². The number of nitrogens with zero attached hydrogens (tertiary/aromatic N) is 1. The quantitative estimate of drug-likeness (QED) is 0.860. The van der Waals surface area contributed by atoms with E-state index in [1.54, 1.807) is 12.1 Å². The van der Waals surface area contributed by atoms with Crippen LogP contribution in [0.4, 0.5) is 13.2 Å². The molecule has 2 heterocycles. The Morgan fingerprint density at radius 2 is 2.05 bits per heavy atom. The standard InChI is InChI=1S/C13H11F3N2O/c14-13(15,16)12-7-10(17-18-12)8-3-4-11-9(6-8)2-1-5-19-11/h3-4,6-7H,1-2,5H2,(H,17,18). The summed E-state index contributed by atoms with van der Waals surface area (Å²) in [5.74, 6) is 0.807. The summed E-state index contributed by atoms with van der Waals surface area (Å²) in [6.07, 6.45) is -2.60. The second-order valence-electron chi connectivity index (χ2n) is 4.44. The van der Waals surface area contributed by atoms with Gasteiger partial charge in [0, 0.05) is 5.56 Å². The molecule has 3 rings (SSSR count). The first kappa shape index (κ1) is 12.1. The van der Waals surface area contributed by atoms with Crippen molar-refractivity contribution in [2.45, 2.75) is 19.0 Å². The van der Waals surface area contributed by atoms with Gasteiger partial charge >= 0.3 is 6.18 Å². The Balaban J connectivity index is 1.96. The number of alkyl halides is 3. The van der Waals surface area contributed by atoms with Crippen molar-refractivity contribution < 1.29 is 17.9 Å². The van der Waals surface area contributed by atoms with E-state index in [1.807, 2.05) is 11.2 Å². The largest absolute Gasteiger partial charge is 0.493 e. The van der Waals surface area contributed by atoms with Crippen molar-refractivity contribution in [3.8, 4) is 17.0 Å². The van der Waals surface area contributed by atoms with E-state index >= 15 is 0 Å². The van der Waals surface area contributed by atoms with Crippen LogP contribution in [0.5, 0.6) is 5.75 Å². The van der Waals surface area contributed by atoms with Crippen LogP contribution in [-0.2, 0) is 12.6 Å². The van der Waals surface area contributed by atoms with Gasteiger partial charge in [-0.1, -0.05) is 0 Å². The normalized spacial score (nSPS) is 14.9. The fourth-order valence-corrected chi connectivity index (χ4v) is 2.13. The number of aromatic amines is 1. The molecule has 100 valence electrons. The summed E-state index contributed by atoms with van der Waals surface area (Å²) in [6.45, 7) is 0.687. The van der Waals surface area contributed by atoms with Gasteiger partial charge in [-0.3, -0.25) is 5.10 Å². The lowest BCUT2D eigenvalue weighted by Gasteiger charge is -2.17. The molecule has 0 saturated heterocycles. The van der Waals surface area contributed by atoms with Crippen LogP contribution in [0.1, 0.15) is 17.7 Å². The van der Waals surface area contributed by atoms with Gasteiger partial charge in [0.25, 0.3) is 0 Å². The van der Waals surface area contributed by atoms with Gasteiger partial charge in [0.15, 0.2) is 0 Å². The summed E-state index contributed by atoms with van der Waals surface area (Å²) in [5, 5.41) is 5.73. The third-order valence-corrected chi connectivity index (χ3v) is 3.09. The minimum atomic E-state index is -4.40. The molecular formula is C13H11F3N2O. The molecule has 0 aliphatic carbocycles. The molecule has 0 radical (unpaired) electrons. The van der Waals surface area contributed by atoms with E-state index in [4.69, 9.17) is 4.74 Å². The Morgan fingerprint density at radius 3 is 2.79 bits per heavy atom. The van der Waals surface area contributed by atoms with Crippen LogP contribution in [0.25, 0.3) is 11.3 Å². The van der Waals surface area contributed by atoms with Gasteiger partial charge in [-0.15, -0.1) is 0 Å². The topological polar surface area (TPSA) is 37.9 Å². The average Bonchev–Trinajstić information content (AvgIpc) is 2.87. The zero-order valence-corrected chi connectivity index (χ0v) is 9.92. The van der Waals surface area contributed by atoms with Gasteiger partial charge in [-0.2, -0.15) is 18.3 Å². The number of rotatable bonds is 1. The van der Waals surface area contributed by atoms with Crippen molar-refractivity contribution in [2.24, 2.45) is 0 Å². The first-order chi connectivity index (χ1) is 9.04. The molecule has 0 bridgehead atoms. The maximum Gasteiger partial charge on any atom is 0.432 e. The van der Waals surface area contributed by atoms with E-state index in [9.17, 15) is 13.2 Å². The molecule has 1 aliphatic rings. The molecule has 0 amide bonds. The monoisotopic (exact) mass is 268 g/mol. The number of H-pyrrole nitrogens is 1. The summed E-state index contributed by atoms with van der Waals surface area (Å²) < 4.78 is 43.0. The molecule has 1 aromatic heterocycles. The third kappa shape index (κ3) is 2.30. The molecule has 0 atom stereocenters. The lowest BCUT2D eigenvalue weighted by Crippen LogP contribution is -2.08. The molecule has 1 aliphatic heterocycles. The van der Waals surface area contributed by atoms with Crippen LogP contribution in [0.3, 0.4) is 0 Å². The van der Waals surface area contributed by atoms with Crippen molar-refractivity contribution in [3.05, 3.63) is 35.5 Å². The smallest absolute Gasteiger partial charge is 0.432 e. The Kier molecular flexibility index (Phi) is 2.73. The second kappa shape index (κ2) is 4.29. The Bertz CT molecular complexity index is 604. The van der Waals surface area contributed by atoms with Crippen molar-refractivity contribution >= 4 is 0 Å². The average molecular weight is 268 g/mol. The molecule has 0 spiro atoms. The molecular weight excluding hydrogens is 257 g/mol. The highest BCUT2D eigenvalue weighted by Crippen LogP contribution is 2.33. The molecule has 6 heteroatoms. The second-order valence-corrected chi connectivity index (χ2v) is 4.44. The van der Waals surface area contributed by atoms with Crippen molar-refractivity contribution in [2.75, 3.05) is 6.61 Å². The Labute approximate surface area is 107 Å². The molecule has 1 N–H and O–H groups in total. The SMILES string of the molecule is FC(F)(F)c1cc(-c2ccc3c(c2)CCCO3)n[nH]1. The molecule has 0 saturated carbocycles. The highest BCUT2D eigenvalue weighted by Gasteiger charge is 2.33. The van der Waals surface area contributed by atoms with Crippen molar-refractivity contribution in [1.82, 2.24) is 10.2 Å². The molecule has 1 aromatic carbocycles. The maximum atomic E-state index is 12.5. The van der Waals surface area contributed by atoms with Crippen LogP contribution in [0.15, 0.2) is 24.3 Å². The number of nitrogens with one attached hydrogen (secondary N) is 1. The van der Waals surface area contributed by atoms with E-state index in [-0.39, 0.29) is 0 Å². The number of halogens is 3. The van der Waals surface area contributed by atoms with Crippen LogP contribution in [0, 0.1) is 0 Å². The number of hydrogen-bond acceptors (Lipinski definition) is 2. The number of benzene rings is 1. The highest BCUT2D eigenvalue weighted by atomic mass is 19.4. The minimum absolute atomic E-state index is 0.292. The Morgan fingerprint density at radius 1 is 1.21 bits per heavy atom. The molecule has 3 nitrogen and oxygen atoms in total. The summed E-state index contributed by atoms with van der Waals surface area (Å²) in [6, 6.07) is 6.36. The number of ether oxygens (including phenoxy) is 1. The summed E-state index contributed by atoms with van der Waals surface area (Å²) >= 11 is 0. The molecule has 19 heavy (non-hydrogen) atoms. The lowest BCUT2D eigenvalue weighted by atomic mass is 10.0. The van der Waals surface area contributed by atoms with Gasteiger partial charge in [-0.25, -0.2) is 0 Å². The highest BCUT2D eigenvalue weighted by molar-refractivity contribution is 5.62. The van der Waals surface area contributed by atoms with Gasteiger partial charge in [0.05, 0.1) is 12.3 Å². The first-order valence-electron chi connectivity index (χ1n) is 5.93. The fourth-order valence-electron chi connectivity index (χ4n) is 2.13. The number of aromatic nitrogens is 2. The van der Waals surface area contributed by atoms with Gasteiger partial charge in [-0.05, 0) is 42.7 Å². The molecule has 2 aromatic rings. The number of hydrogen-bond donors (Lipinski definition) is 1. The molecule has 0 unspecified atom stereocenters. The molecule has 0 fully saturated rings. The van der Waals surface area contributed by atoms with E-state index < -0.39 is 11.9 Å². The van der Waals surface area contributed by atoms with E-state index in [2.05, 4.69) is 5.10 Å². The lowest BCUT2D eigenvalue weighted by molar-refractivity contribution is -0.141. The van der Waals surface area contributed by atoms with E-state index in [0.29, 0.717) is 17.9 Å². The fraction of sp³-hybridized carbons (Fsp3) is 0.308. The Hall–Kier alpha value is -1.98. The summed E-state index contributed by atoms with van der Waals surface area (Å²) in [4.78, 5) is 0. The van der Waals surface area contributed by atoms with Crippen molar-refractivity contribution in [3.63, 3.8) is 0 Å². The van der Waals surface area contributed by atoms with Crippen LogP contribution in [0.2, 0.25) is 0 Å². The summed E-state index contributed by atoms with van der Waals surface area (Å²) in [5.41, 5.74) is 1.13. The van der Waals surface area contributed by atoms with Crippen LogP contribution < -0.4 is 4.74 Å². The van der Waals surface area contributed by atoms with Gasteiger partial charge in [0.2, 0.25) is 0 Å². The third-order valence-electron chi connectivity index (χ3n) is 3.09. The minimum Gasteiger partial charge on any atom is -0.493 e. The van der Waals surface area contributed by atoms with Gasteiger partial charge < -0.3 is 4.74 Å².